The van der Waals surface area contributed by atoms with Gasteiger partial charge in [0.15, 0.2) is 13.2 Å². The van der Waals surface area contributed by atoms with Gasteiger partial charge in [-0.15, -0.1) is 0 Å². The number of nitrogens with one attached hydrogen (secondary N) is 1. The maximum absolute atomic E-state index is 12.3. The smallest absolute Gasteiger partial charge is 0.331 e. The van der Waals surface area contributed by atoms with Crippen LogP contribution in [0.25, 0.3) is 11.8 Å². The van der Waals surface area contributed by atoms with Gasteiger partial charge in [-0.2, -0.15) is 10.4 Å². The molecule has 0 spiro atoms. The van der Waals surface area contributed by atoms with Gasteiger partial charge in [0.2, 0.25) is 0 Å². The third-order valence-corrected chi connectivity index (χ3v) is 4.50. The Morgan fingerprint density at radius 2 is 1.84 bits per heavy atom. The number of hydrogen-bond donors (Lipinski definition) is 1. The topological polar surface area (TPSA) is 106 Å². The number of nitrogens with zero attached hydrogens (tertiary/aromatic N) is 3. The van der Waals surface area contributed by atoms with Crippen LogP contribution in [0.4, 0.5) is 5.69 Å². The standard InChI is InChI=1S/C24H22N4O4/c1-17-24(18(2)28(27-17)20-6-4-3-5-7-20)26-22(29)16-32-23(30)13-10-19-8-11-21(12-9-19)31-15-14-25/h3-13H,15-16H2,1-2H3,(H,26,29)/b13-10+. The lowest BCUT2D eigenvalue weighted by atomic mass is 10.2. The quantitative estimate of drug-likeness (QED) is 0.432. The Kier molecular flexibility index (Phi) is 7.38. The monoisotopic (exact) mass is 430 g/mol. The largest absolute Gasteiger partial charge is 0.479 e. The van der Waals surface area contributed by atoms with Crippen molar-refractivity contribution >= 4 is 23.6 Å². The summed E-state index contributed by atoms with van der Waals surface area (Å²) in [6.45, 7) is 3.20. The van der Waals surface area contributed by atoms with Crippen LogP contribution in [0.5, 0.6) is 5.75 Å². The number of nitriles is 1. The van der Waals surface area contributed by atoms with Gasteiger partial charge in [0.05, 0.1) is 22.8 Å². The minimum Gasteiger partial charge on any atom is -0.479 e. The second kappa shape index (κ2) is 10.6. The van der Waals surface area contributed by atoms with E-state index in [-0.39, 0.29) is 6.61 Å². The first-order valence-corrected chi connectivity index (χ1v) is 9.84. The first-order chi connectivity index (χ1) is 15.5. The van der Waals surface area contributed by atoms with E-state index in [4.69, 9.17) is 14.7 Å². The SMILES string of the molecule is Cc1nn(-c2ccccc2)c(C)c1NC(=O)COC(=O)/C=C/c1ccc(OCC#N)cc1. The van der Waals surface area contributed by atoms with Gasteiger partial charge in [-0.25, -0.2) is 9.48 Å². The van der Waals surface area contributed by atoms with Crippen LogP contribution in [0.1, 0.15) is 17.0 Å². The van der Waals surface area contributed by atoms with E-state index in [1.165, 1.54) is 6.08 Å². The summed E-state index contributed by atoms with van der Waals surface area (Å²) in [5, 5.41) is 15.7. The molecule has 0 saturated carbocycles. The molecule has 8 heteroatoms. The molecule has 32 heavy (non-hydrogen) atoms. The lowest BCUT2D eigenvalue weighted by molar-refractivity contribution is -0.142. The van der Waals surface area contributed by atoms with Crippen LogP contribution in [0.2, 0.25) is 0 Å². The average Bonchev–Trinajstić information content (AvgIpc) is 3.09. The van der Waals surface area contributed by atoms with Crippen molar-refractivity contribution in [2.45, 2.75) is 13.8 Å². The van der Waals surface area contributed by atoms with E-state index in [0.717, 1.165) is 16.9 Å². The van der Waals surface area contributed by atoms with Crippen molar-refractivity contribution < 1.29 is 19.1 Å². The summed E-state index contributed by atoms with van der Waals surface area (Å²) in [7, 11) is 0. The molecule has 0 aliphatic heterocycles. The third-order valence-electron chi connectivity index (χ3n) is 4.50. The Bertz CT molecular complexity index is 1160. The zero-order valence-electron chi connectivity index (χ0n) is 17.7. The minimum atomic E-state index is -0.640. The van der Waals surface area contributed by atoms with Crippen LogP contribution < -0.4 is 10.1 Å². The zero-order chi connectivity index (χ0) is 22.9. The maximum Gasteiger partial charge on any atom is 0.331 e. The summed E-state index contributed by atoms with van der Waals surface area (Å²) in [6, 6.07) is 18.3. The van der Waals surface area contributed by atoms with E-state index < -0.39 is 18.5 Å². The van der Waals surface area contributed by atoms with E-state index >= 15 is 0 Å². The number of carbonyl (C=O) groups excluding carboxylic acids is 2. The van der Waals surface area contributed by atoms with Crippen molar-refractivity contribution in [2.75, 3.05) is 18.5 Å². The summed E-state index contributed by atoms with van der Waals surface area (Å²) >= 11 is 0. The molecule has 1 amide bonds. The zero-order valence-corrected chi connectivity index (χ0v) is 17.7. The fraction of sp³-hybridized carbons (Fsp3) is 0.167. The first-order valence-electron chi connectivity index (χ1n) is 9.84. The number of carbonyl (C=O) groups is 2. The molecule has 0 bridgehead atoms. The average molecular weight is 430 g/mol. The molecule has 162 valence electrons. The van der Waals surface area contributed by atoms with Crippen LogP contribution in [0, 0.1) is 25.2 Å². The van der Waals surface area contributed by atoms with Crippen molar-refractivity contribution in [2.24, 2.45) is 0 Å². The molecule has 3 aromatic rings. The molecule has 1 heterocycles. The molecule has 2 aromatic carbocycles. The molecule has 1 N–H and O–H groups in total. The molecular weight excluding hydrogens is 408 g/mol. The number of para-hydroxylation sites is 1. The molecular formula is C24H22N4O4. The highest BCUT2D eigenvalue weighted by Gasteiger charge is 2.15. The third kappa shape index (κ3) is 5.83. The lowest BCUT2D eigenvalue weighted by Crippen LogP contribution is -2.20. The van der Waals surface area contributed by atoms with Crippen LogP contribution in [-0.4, -0.2) is 34.9 Å². The van der Waals surface area contributed by atoms with Gasteiger partial charge >= 0.3 is 5.97 Å². The van der Waals surface area contributed by atoms with Crippen molar-refractivity contribution in [3.05, 3.63) is 77.6 Å². The number of esters is 1. The van der Waals surface area contributed by atoms with Crippen molar-refractivity contribution in [1.82, 2.24) is 9.78 Å². The Hall–Kier alpha value is -4.38. The molecule has 0 aliphatic rings. The summed E-state index contributed by atoms with van der Waals surface area (Å²) in [6.07, 6.45) is 2.80. The highest BCUT2D eigenvalue weighted by atomic mass is 16.5. The molecule has 8 nitrogen and oxygen atoms in total. The van der Waals surface area contributed by atoms with E-state index in [1.54, 1.807) is 41.9 Å². The summed E-state index contributed by atoms with van der Waals surface area (Å²) in [5.74, 6) is -0.535. The highest BCUT2D eigenvalue weighted by Crippen LogP contribution is 2.22. The van der Waals surface area contributed by atoms with E-state index in [2.05, 4.69) is 10.4 Å². The van der Waals surface area contributed by atoms with E-state index in [1.807, 2.05) is 43.3 Å². The first kappa shape index (κ1) is 22.3. The fourth-order valence-electron chi connectivity index (χ4n) is 2.96. The molecule has 0 radical (unpaired) electrons. The van der Waals surface area contributed by atoms with Crippen LogP contribution in [0.3, 0.4) is 0 Å². The summed E-state index contributed by atoms with van der Waals surface area (Å²) in [5.41, 5.74) is 3.65. The van der Waals surface area contributed by atoms with Crippen LogP contribution in [-0.2, 0) is 14.3 Å². The minimum absolute atomic E-state index is 0.0321. The Labute approximate surface area is 185 Å². The number of aryl methyl sites for hydroxylation is 1. The van der Waals surface area contributed by atoms with Gasteiger partial charge < -0.3 is 14.8 Å². The van der Waals surface area contributed by atoms with Crippen molar-refractivity contribution in [1.29, 1.82) is 5.26 Å². The Morgan fingerprint density at radius 3 is 2.53 bits per heavy atom. The van der Waals surface area contributed by atoms with Gasteiger partial charge in [-0.05, 0) is 49.8 Å². The summed E-state index contributed by atoms with van der Waals surface area (Å²) in [4.78, 5) is 24.2. The molecule has 0 atom stereocenters. The number of aromatic nitrogens is 2. The predicted molar refractivity (Wildman–Crippen MR) is 119 cm³/mol. The Morgan fingerprint density at radius 1 is 1.12 bits per heavy atom. The van der Waals surface area contributed by atoms with Gasteiger partial charge in [0.25, 0.3) is 5.91 Å². The number of hydrogen-bond acceptors (Lipinski definition) is 6. The fourth-order valence-corrected chi connectivity index (χ4v) is 2.96. The number of ether oxygens (including phenoxy) is 2. The van der Waals surface area contributed by atoms with Crippen molar-refractivity contribution in [3.8, 4) is 17.5 Å². The van der Waals surface area contributed by atoms with Crippen LogP contribution in [0.15, 0.2) is 60.7 Å². The second-order valence-corrected chi connectivity index (χ2v) is 6.80. The second-order valence-electron chi connectivity index (χ2n) is 6.80. The van der Waals surface area contributed by atoms with Gasteiger partial charge in [0, 0.05) is 6.08 Å². The number of amides is 1. The maximum atomic E-state index is 12.3. The molecule has 1 aromatic heterocycles. The van der Waals surface area contributed by atoms with E-state index in [0.29, 0.717) is 17.1 Å². The lowest BCUT2D eigenvalue weighted by Gasteiger charge is -2.07. The molecule has 0 saturated heterocycles. The number of anilines is 1. The van der Waals surface area contributed by atoms with E-state index in [9.17, 15) is 9.59 Å². The number of rotatable bonds is 8. The summed E-state index contributed by atoms with van der Waals surface area (Å²) < 4.78 is 11.9. The Balaban J connectivity index is 1.53. The highest BCUT2D eigenvalue weighted by molar-refractivity contribution is 5.95. The van der Waals surface area contributed by atoms with Gasteiger partial charge in [0.1, 0.15) is 11.8 Å². The van der Waals surface area contributed by atoms with Gasteiger partial charge in [-0.3, -0.25) is 4.79 Å². The van der Waals surface area contributed by atoms with Crippen LogP contribution >= 0.6 is 0 Å². The van der Waals surface area contributed by atoms with Gasteiger partial charge in [-0.1, -0.05) is 30.3 Å². The molecule has 0 aliphatic carbocycles. The number of benzene rings is 2. The normalized spacial score (nSPS) is 10.5. The molecule has 0 fully saturated rings. The predicted octanol–water partition coefficient (Wildman–Crippen LogP) is 3.59. The van der Waals surface area contributed by atoms with Crippen molar-refractivity contribution in [3.63, 3.8) is 0 Å². The molecule has 0 unspecified atom stereocenters. The molecule has 3 rings (SSSR count).